The van der Waals surface area contributed by atoms with Crippen molar-refractivity contribution in [2.24, 2.45) is 5.92 Å². The van der Waals surface area contributed by atoms with E-state index in [1.165, 1.54) is 0 Å². The number of pyridine rings is 1. The van der Waals surface area contributed by atoms with Gasteiger partial charge in [0, 0.05) is 24.5 Å². The molecule has 1 fully saturated rings. The maximum Gasteiger partial charge on any atom is 0.419 e. The van der Waals surface area contributed by atoms with Crippen LogP contribution in [0.2, 0.25) is 0 Å². The maximum atomic E-state index is 12.7. The molecular weight excluding hydrogens is 396 g/mol. The number of hydrogen-bond acceptors (Lipinski definition) is 6. The summed E-state index contributed by atoms with van der Waals surface area (Å²) in [6.07, 6.45) is 5.82. The van der Waals surface area contributed by atoms with Crippen molar-refractivity contribution < 1.29 is 19.1 Å². The van der Waals surface area contributed by atoms with Crippen LogP contribution in [-0.4, -0.2) is 49.6 Å². The average Bonchev–Trinajstić information content (AvgIpc) is 3.07. The maximum absolute atomic E-state index is 12.7. The zero-order valence-electron chi connectivity index (χ0n) is 19.2. The van der Waals surface area contributed by atoms with E-state index in [4.69, 9.17) is 9.47 Å². The minimum atomic E-state index is -0.698. The van der Waals surface area contributed by atoms with E-state index in [0.29, 0.717) is 0 Å². The molecule has 2 aromatic rings. The number of nitrogens with zero attached hydrogens (tertiary/aromatic N) is 4. The van der Waals surface area contributed by atoms with Gasteiger partial charge in [-0.25, -0.2) is 14.5 Å². The summed E-state index contributed by atoms with van der Waals surface area (Å²) in [7, 11) is 0. The molecule has 2 amide bonds. The van der Waals surface area contributed by atoms with Crippen LogP contribution in [0.4, 0.5) is 9.59 Å². The lowest BCUT2D eigenvalue weighted by atomic mass is 9.80. The van der Waals surface area contributed by atoms with Crippen molar-refractivity contribution in [3.05, 3.63) is 36.8 Å². The number of aromatic nitrogens is 3. The molecule has 2 aromatic heterocycles. The predicted molar refractivity (Wildman–Crippen MR) is 116 cm³/mol. The lowest BCUT2D eigenvalue weighted by Crippen LogP contribution is -2.47. The Balaban J connectivity index is 1.62. The summed E-state index contributed by atoms with van der Waals surface area (Å²) >= 11 is 0. The highest BCUT2D eigenvalue weighted by Crippen LogP contribution is 2.38. The van der Waals surface area contributed by atoms with Gasteiger partial charge in [-0.1, -0.05) is 6.07 Å². The van der Waals surface area contributed by atoms with E-state index < -0.39 is 23.4 Å². The predicted octanol–water partition coefficient (Wildman–Crippen LogP) is 5.07. The smallest absolute Gasteiger partial charge is 0.419 e. The Morgan fingerprint density at radius 3 is 2.19 bits per heavy atom. The molecule has 3 rings (SSSR count). The van der Waals surface area contributed by atoms with Gasteiger partial charge in [0.15, 0.2) is 0 Å². The molecule has 2 heterocycles. The fourth-order valence-electron chi connectivity index (χ4n) is 3.38. The molecule has 8 nitrogen and oxygen atoms in total. The first-order valence-corrected chi connectivity index (χ1v) is 10.6. The van der Waals surface area contributed by atoms with Crippen LogP contribution in [0.25, 0.3) is 11.3 Å². The Labute approximate surface area is 183 Å². The van der Waals surface area contributed by atoms with Gasteiger partial charge < -0.3 is 9.47 Å². The van der Waals surface area contributed by atoms with Gasteiger partial charge in [0.1, 0.15) is 11.2 Å². The largest absolute Gasteiger partial charge is 0.443 e. The summed E-state index contributed by atoms with van der Waals surface area (Å²) in [6.45, 7) is 10.9. The molecule has 168 valence electrons. The van der Waals surface area contributed by atoms with Crippen molar-refractivity contribution in [1.29, 1.82) is 0 Å². The first kappa shape index (κ1) is 22.8. The van der Waals surface area contributed by atoms with Crippen LogP contribution >= 0.6 is 0 Å². The fraction of sp³-hybridized carbons (Fsp3) is 0.565. The highest BCUT2D eigenvalue weighted by Gasteiger charge is 2.38. The molecular formula is C23H32N4O4. The summed E-state index contributed by atoms with van der Waals surface area (Å²) in [5.74, 6) is 0.160. The second-order valence-electron chi connectivity index (χ2n) is 9.99. The molecule has 0 aromatic carbocycles. The number of hydrogen-bond donors (Lipinski definition) is 0. The quantitative estimate of drug-likeness (QED) is 0.676. The van der Waals surface area contributed by atoms with Crippen molar-refractivity contribution in [3.63, 3.8) is 0 Å². The number of carbonyl (C=O) groups is 2. The van der Waals surface area contributed by atoms with Crippen molar-refractivity contribution in [2.45, 2.75) is 71.6 Å². The monoisotopic (exact) mass is 428 g/mol. The minimum absolute atomic E-state index is 0.160. The Kier molecular flexibility index (Phi) is 6.38. The zero-order valence-corrected chi connectivity index (χ0v) is 19.2. The molecule has 0 bridgehead atoms. The third-order valence-electron chi connectivity index (χ3n) is 4.82. The summed E-state index contributed by atoms with van der Waals surface area (Å²) in [5.41, 5.74) is 0.450. The van der Waals surface area contributed by atoms with Crippen molar-refractivity contribution >= 4 is 12.2 Å². The Morgan fingerprint density at radius 1 is 1.06 bits per heavy atom. The summed E-state index contributed by atoms with van der Waals surface area (Å²) in [6, 6.07) is 6.00. The highest BCUT2D eigenvalue weighted by molar-refractivity contribution is 5.88. The fourth-order valence-corrected chi connectivity index (χ4v) is 3.38. The van der Waals surface area contributed by atoms with Gasteiger partial charge >= 0.3 is 12.2 Å². The lowest BCUT2D eigenvalue weighted by molar-refractivity contribution is -0.00640. The Bertz CT molecular complexity index is 878. The first-order chi connectivity index (χ1) is 14.4. The van der Waals surface area contributed by atoms with E-state index >= 15 is 0 Å². The molecule has 8 heteroatoms. The number of amides is 2. The molecule has 1 aliphatic carbocycles. The summed E-state index contributed by atoms with van der Waals surface area (Å²) < 4.78 is 12.8. The standard InChI is InChI=1S/C23H32N4O4/c1-22(2,3)30-20(28)26(21(29)31-23(4,5)6)14-16-11-18(12-16)27-15-17(13-25-27)19-9-7-8-10-24-19/h7-10,13,15-16,18H,11-12,14H2,1-6H3/t16-,18-. The number of rotatable bonds is 4. The van der Waals surface area contributed by atoms with Gasteiger partial charge in [0.25, 0.3) is 0 Å². The molecule has 0 aliphatic heterocycles. The average molecular weight is 429 g/mol. The molecule has 1 aliphatic rings. The van der Waals surface area contributed by atoms with Crippen LogP contribution in [0.3, 0.4) is 0 Å². The topological polar surface area (TPSA) is 86.5 Å². The molecule has 0 saturated heterocycles. The van der Waals surface area contributed by atoms with Gasteiger partial charge in [-0.15, -0.1) is 0 Å². The molecule has 1 saturated carbocycles. The number of imide groups is 1. The number of carbonyl (C=O) groups excluding carboxylic acids is 2. The van der Waals surface area contributed by atoms with Crippen LogP contribution in [0, 0.1) is 5.92 Å². The van der Waals surface area contributed by atoms with Crippen LogP contribution in [0.15, 0.2) is 36.8 Å². The third-order valence-corrected chi connectivity index (χ3v) is 4.82. The van der Waals surface area contributed by atoms with E-state index in [-0.39, 0.29) is 18.5 Å². The lowest BCUT2D eigenvalue weighted by Gasteiger charge is -2.38. The van der Waals surface area contributed by atoms with E-state index in [1.807, 2.05) is 35.3 Å². The molecule has 0 atom stereocenters. The SMILES string of the molecule is CC(C)(C)OC(=O)N(C[C@H]1C[C@H](n2cc(-c3ccccn3)cn2)C1)C(=O)OC(C)(C)C. The van der Waals surface area contributed by atoms with E-state index in [0.717, 1.165) is 29.0 Å². The van der Waals surface area contributed by atoms with Crippen molar-refractivity contribution in [2.75, 3.05) is 6.54 Å². The summed E-state index contributed by atoms with van der Waals surface area (Å²) in [5, 5.41) is 4.48. The second-order valence-corrected chi connectivity index (χ2v) is 9.99. The van der Waals surface area contributed by atoms with Crippen LogP contribution < -0.4 is 0 Å². The summed E-state index contributed by atoms with van der Waals surface area (Å²) in [4.78, 5) is 30.7. The van der Waals surface area contributed by atoms with Crippen molar-refractivity contribution in [3.8, 4) is 11.3 Å². The Hall–Kier alpha value is -2.90. The third kappa shape index (κ3) is 6.29. The number of ether oxygens (including phenoxy) is 2. The normalized spacial score (nSPS) is 18.8. The van der Waals surface area contributed by atoms with Crippen LogP contribution in [0.1, 0.15) is 60.4 Å². The molecule has 0 radical (unpaired) electrons. The minimum Gasteiger partial charge on any atom is -0.443 e. The van der Waals surface area contributed by atoms with Gasteiger partial charge in [-0.05, 0) is 72.4 Å². The van der Waals surface area contributed by atoms with E-state index in [2.05, 4.69) is 10.1 Å². The zero-order chi connectivity index (χ0) is 22.8. The van der Waals surface area contributed by atoms with Gasteiger partial charge in [-0.3, -0.25) is 9.67 Å². The van der Waals surface area contributed by atoms with Crippen molar-refractivity contribution in [1.82, 2.24) is 19.7 Å². The van der Waals surface area contributed by atoms with Crippen LogP contribution in [-0.2, 0) is 9.47 Å². The van der Waals surface area contributed by atoms with E-state index in [9.17, 15) is 9.59 Å². The van der Waals surface area contributed by atoms with Gasteiger partial charge in [0.05, 0.1) is 17.9 Å². The first-order valence-electron chi connectivity index (χ1n) is 10.6. The Morgan fingerprint density at radius 2 is 1.68 bits per heavy atom. The van der Waals surface area contributed by atoms with Gasteiger partial charge in [-0.2, -0.15) is 5.10 Å². The molecule has 31 heavy (non-hydrogen) atoms. The molecule has 0 N–H and O–H groups in total. The molecule has 0 unspecified atom stereocenters. The van der Waals surface area contributed by atoms with Crippen LogP contribution in [0.5, 0.6) is 0 Å². The second kappa shape index (κ2) is 8.69. The highest BCUT2D eigenvalue weighted by atomic mass is 16.6. The van der Waals surface area contributed by atoms with E-state index in [1.54, 1.807) is 47.7 Å². The van der Waals surface area contributed by atoms with Gasteiger partial charge in [0.2, 0.25) is 0 Å². The molecule has 0 spiro atoms.